The first kappa shape index (κ1) is 23.3. The highest BCUT2D eigenvalue weighted by atomic mass is 19.3. The van der Waals surface area contributed by atoms with E-state index >= 15 is 0 Å². The number of guanidine groups is 1. The van der Waals surface area contributed by atoms with Gasteiger partial charge in [0.2, 0.25) is 0 Å². The molecule has 3 rings (SSSR count). The predicted octanol–water partition coefficient (Wildman–Crippen LogP) is 3.66. The van der Waals surface area contributed by atoms with E-state index in [2.05, 4.69) is 9.73 Å². The van der Waals surface area contributed by atoms with Crippen molar-refractivity contribution in [3.05, 3.63) is 58.9 Å². The lowest BCUT2D eigenvalue weighted by Gasteiger charge is -2.27. The lowest BCUT2D eigenvalue weighted by molar-refractivity contribution is -0.129. The van der Waals surface area contributed by atoms with Gasteiger partial charge in [0.05, 0.1) is 0 Å². The normalized spacial score (nSPS) is 18.5. The molecule has 0 radical (unpaired) electrons. The van der Waals surface area contributed by atoms with E-state index in [4.69, 9.17) is 10.5 Å². The first-order valence-electron chi connectivity index (χ1n) is 9.52. The number of likely N-dealkylation sites (N-methyl/N-ethyl adjacent to an activating group) is 1. The van der Waals surface area contributed by atoms with Crippen LogP contribution in [0.4, 0.5) is 22.0 Å². The van der Waals surface area contributed by atoms with Gasteiger partial charge < -0.3 is 15.2 Å². The van der Waals surface area contributed by atoms with Crippen molar-refractivity contribution >= 4 is 11.9 Å². The molecule has 2 aromatic carbocycles. The number of halogens is 5. The largest absolute Gasteiger partial charge is 0.485 e. The second kappa shape index (κ2) is 9.01. The molecule has 1 heterocycles. The summed E-state index contributed by atoms with van der Waals surface area (Å²) in [6, 6.07) is 7.43. The van der Waals surface area contributed by atoms with Gasteiger partial charge in [-0.05, 0) is 47.4 Å². The number of hydrogen-bond acceptors (Lipinski definition) is 5. The Morgan fingerprint density at radius 2 is 1.75 bits per heavy atom. The molecule has 0 fully saturated rings. The molecule has 0 saturated carbocycles. The Balaban J connectivity index is 2.19. The molecule has 0 aliphatic carbocycles. The van der Waals surface area contributed by atoms with Crippen molar-refractivity contribution in [1.82, 2.24) is 4.90 Å². The molecule has 0 saturated heterocycles. The number of aliphatic imine (C=N–C) groups is 1. The highest BCUT2D eigenvalue weighted by Gasteiger charge is 2.50. The highest BCUT2D eigenvalue weighted by Crippen LogP contribution is 2.42. The zero-order valence-corrected chi connectivity index (χ0v) is 17.1. The summed E-state index contributed by atoms with van der Waals surface area (Å²) in [5, 5.41) is 0. The van der Waals surface area contributed by atoms with Crippen LogP contribution in [0.3, 0.4) is 0 Å². The van der Waals surface area contributed by atoms with E-state index in [0.29, 0.717) is 12.0 Å². The number of nitrogens with two attached hydrogens (primary N) is 1. The molecule has 2 aromatic rings. The summed E-state index contributed by atoms with van der Waals surface area (Å²) in [5.74, 6) is -2.22. The number of alkyl halides is 4. The van der Waals surface area contributed by atoms with Crippen LogP contribution >= 0.6 is 0 Å². The molecule has 11 heteroatoms. The number of aryl methyl sites for hydroxylation is 1. The van der Waals surface area contributed by atoms with E-state index in [1.54, 1.807) is 6.92 Å². The van der Waals surface area contributed by atoms with Gasteiger partial charge in [-0.1, -0.05) is 19.1 Å². The number of benzene rings is 2. The van der Waals surface area contributed by atoms with E-state index in [0.717, 1.165) is 17.0 Å². The number of ether oxygens (including phenoxy) is 2. The fraction of sp³-hybridized carbons (Fsp3) is 0.333. The molecule has 1 aliphatic rings. The van der Waals surface area contributed by atoms with Gasteiger partial charge in [0, 0.05) is 7.05 Å². The van der Waals surface area contributed by atoms with Crippen LogP contribution in [0, 0.1) is 5.82 Å². The van der Waals surface area contributed by atoms with Crippen LogP contribution in [-0.2, 0) is 16.8 Å². The summed E-state index contributed by atoms with van der Waals surface area (Å²) in [6.45, 7) is -2.38. The van der Waals surface area contributed by atoms with Crippen molar-refractivity contribution in [3.63, 3.8) is 0 Å². The summed E-state index contributed by atoms with van der Waals surface area (Å²) in [4.78, 5) is 18.7. The Morgan fingerprint density at radius 1 is 1.09 bits per heavy atom. The monoisotopic (exact) mass is 457 g/mol. The molecule has 0 aromatic heterocycles. The van der Waals surface area contributed by atoms with Crippen LogP contribution < -0.4 is 15.2 Å². The van der Waals surface area contributed by atoms with Gasteiger partial charge in [0.25, 0.3) is 12.3 Å². The van der Waals surface area contributed by atoms with Crippen molar-refractivity contribution < 1.29 is 36.2 Å². The van der Waals surface area contributed by atoms with Gasteiger partial charge in [0.15, 0.2) is 23.1 Å². The first-order valence-corrected chi connectivity index (χ1v) is 9.52. The van der Waals surface area contributed by atoms with Gasteiger partial charge in [0.1, 0.15) is 12.4 Å². The van der Waals surface area contributed by atoms with Crippen LogP contribution in [-0.4, -0.2) is 43.5 Å². The summed E-state index contributed by atoms with van der Waals surface area (Å²) >= 11 is 0. The average molecular weight is 457 g/mol. The Kier molecular flexibility index (Phi) is 6.56. The van der Waals surface area contributed by atoms with Crippen LogP contribution in [0.25, 0.3) is 0 Å². The van der Waals surface area contributed by atoms with Gasteiger partial charge in [-0.3, -0.25) is 9.69 Å². The van der Waals surface area contributed by atoms with Crippen LogP contribution in [0.1, 0.15) is 23.6 Å². The number of carbonyl (C=O) groups excluding carboxylic acids is 1. The first-order chi connectivity index (χ1) is 15.1. The minimum Gasteiger partial charge on any atom is -0.485 e. The highest BCUT2D eigenvalue weighted by molar-refractivity contribution is 6.09. The molecule has 1 atom stereocenters. The number of rotatable bonds is 8. The third-order valence-corrected chi connectivity index (χ3v) is 5.03. The zero-order chi connectivity index (χ0) is 23.6. The van der Waals surface area contributed by atoms with Crippen molar-refractivity contribution in [2.75, 3.05) is 13.7 Å². The minimum absolute atomic E-state index is 0.0720. The quantitative estimate of drug-likeness (QED) is 0.614. The summed E-state index contributed by atoms with van der Waals surface area (Å²) in [6.07, 6.45) is -2.55. The summed E-state index contributed by atoms with van der Waals surface area (Å²) in [5.41, 5.74) is 4.80. The maximum atomic E-state index is 14.2. The van der Waals surface area contributed by atoms with Crippen molar-refractivity contribution in [2.45, 2.75) is 31.9 Å². The van der Waals surface area contributed by atoms with Gasteiger partial charge >= 0.3 is 6.61 Å². The zero-order valence-electron chi connectivity index (χ0n) is 17.1. The van der Waals surface area contributed by atoms with Crippen LogP contribution in [0.2, 0.25) is 0 Å². The molecule has 0 spiro atoms. The summed E-state index contributed by atoms with van der Waals surface area (Å²) in [7, 11) is 1.38. The van der Waals surface area contributed by atoms with Gasteiger partial charge in [-0.15, -0.1) is 0 Å². The molecular formula is C21H20F5N3O3. The van der Waals surface area contributed by atoms with E-state index in [1.807, 2.05) is 0 Å². The maximum Gasteiger partial charge on any atom is 0.387 e. The standard InChI is InChI=1S/C21H20F5N3O3/c1-3-11-8-12(5-7-15(11)32-19(25)26)21(18(30)29(2)20(27)28-21)13-4-6-14(22)16(9-13)31-10-17(23)24/h4-9,17,19H,3,10H2,1-2H3,(H2,27,28)/t21-/m0/s1. The Hall–Kier alpha value is -3.37. The predicted molar refractivity (Wildman–Crippen MR) is 106 cm³/mol. The van der Waals surface area contributed by atoms with Crippen LogP contribution in [0.5, 0.6) is 11.5 Å². The fourth-order valence-electron chi connectivity index (χ4n) is 3.47. The topological polar surface area (TPSA) is 77.2 Å². The Bertz CT molecular complexity index is 1050. The second-order valence-electron chi connectivity index (χ2n) is 6.95. The molecule has 1 amide bonds. The van der Waals surface area contributed by atoms with E-state index in [1.165, 1.54) is 31.3 Å². The third kappa shape index (κ3) is 4.19. The van der Waals surface area contributed by atoms with Crippen molar-refractivity contribution in [2.24, 2.45) is 10.7 Å². The Labute approximate surface area is 180 Å². The SMILES string of the molecule is CCc1cc([C@@]2(c3ccc(F)c(OCC(F)F)c3)N=C(N)N(C)C2=O)ccc1OC(F)F. The molecule has 32 heavy (non-hydrogen) atoms. The molecule has 6 nitrogen and oxygen atoms in total. The molecule has 0 bridgehead atoms. The van der Waals surface area contributed by atoms with E-state index in [-0.39, 0.29) is 22.8 Å². The van der Waals surface area contributed by atoms with Gasteiger partial charge in [-0.2, -0.15) is 8.78 Å². The summed E-state index contributed by atoms with van der Waals surface area (Å²) < 4.78 is 74.1. The van der Waals surface area contributed by atoms with E-state index < -0.39 is 42.7 Å². The van der Waals surface area contributed by atoms with Crippen molar-refractivity contribution in [3.8, 4) is 11.5 Å². The number of amides is 1. The molecule has 0 unspecified atom stereocenters. The van der Waals surface area contributed by atoms with E-state index in [9.17, 15) is 26.7 Å². The van der Waals surface area contributed by atoms with Crippen LogP contribution in [0.15, 0.2) is 41.4 Å². The lowest BCUT2D eigenvalue weighted by atomic mass is 9.81. The second-order valence-corrected chi connectivity index (χ2v) is 6.95. The number of carbonyl (C=O) groups is 1. The molecule has 1 aliphatic heterocycles. The lowest BCUT2D eigenvalue weighted by Crippen LogP contribution is -2.41. The Morgan fingerprint density at radius 3 is 2.31 bits per heavy atom. The molecule has 172 valence electrons. The van der Waals surface area contributed by atoms with Crippen molar-refractivity contribution in [1.29, 1.82) is 0 Å². The molecule has 2 N–H and O–H groups in total. The minimum atomic E-state index is -3.04. The third-order valence-electron chi connectivity index (χ3n) is 5.03. The molecular weight excluding hydrogens is 437 g/mol. The number of hydrogen-bond donors (Lipinski definition) is 1. The van der Waals surface area contributed by atoms with Gasteiger partial charge in [-0.25, -0.2) is 18.2 Å². The fourth-order valence-corrected chi connectivity index (χ4v) is 3.47. The number of nitrogens with zero attached hydrogens (tertiary/aromatic N) is 2. The average Bonchev–Trinajstić information content (AvgIpc) is 2.97. The smallest absolute Gasteiger partial charge is 0.387 e. The maximum absolute atomic E-state index is 14.2.